The van der Waals surface area contributed by atoms with Crippen LogP contribution in [0.1, 0.15) is 29.0 Å². The third kappa shape index (κ3) is 2.12. The first-order valence-electron chi connectivity index (χ1n) is 6.05. The van der Waals surface area contributed by atoms with Crippen LogP contribution < -0.4 is 0 Å². The summed E-state index contributed by atoms with van der Waals surface area (Å²) in [7, 11) is 0. The lowest BCUT2D eigenvalue weighted by atomic mass is 10.0. The molecule has 0 saturated heterocycles. The van der Waals surface area contributed by atoms with Gasteiger partial charge in [0.2, 0.25) is 0 Å². The van der Waals surface area contributed by atoms with Gasteiger partial charge in [0.25, 0.3) is 0 Å². The van der Waals surface area contributed by atoms with Gasteiger partial charge in [0.15, 0.2) is 11.9 Å². The number of nitrogens with one attached hydrogen (secondary N) is 1. The highest BCUT2D eigenvalue weighted by Gasteiger charge is 2.35. The van der Waals surface area contributed by atoms with Crippen LogP contribution in [0.4, 0.5) is 0 Å². The largest absolute Gasteiger partial charge is 0.480 e. The van der Waals surface area contributed by atoms with Crippen LogP contribution in [0.25, 0.3) is 0 Å². The quantitative estimate of drug-likeness (QED) is 0.853. The summed E-state index contributed by atoms with van der Waals surface area (Å²) in [5.74, 6) is -0.312. The van der Waals surface area contributed by atoms with E-state index in [1.807, 2.05) is 4.90 Å². The molecule has 0 fully saturated rings. The van der Waals surface area contributed by atoms with E-state index in [0.717, 1.165) is 17.8 Å². The van der Waals surface area contributed by atoms with Gasteiger partial charge in [0.1, 0.15) is 6.26 Å². The molecule has 3 rings (SSSR count). The van der Waals surface area contributed by atoms with E-state index in [1.165, 1.54) is 0 Å². The first-order chi connectivity index (χ1) is 9.15. The van der Waals surface area contributed by atoms with Crippen LogP contribution >= 0.6 is 0 Å². The fourth-order valence-corrected chi connectivity index (χ4v) is 2.46. The van der Waals surface area contributed by atoms with Gasteiger partial charge in [0.05, 0.1) is 17.7 Å². The molecule has 0 amide bonds. The van der Waals surface area contributed by atoms with Crippen molar-refractivity contribution in [3.05, 3.63) is 35.6 Å². The number of fused-ring (bicyclic) bond motifs is 1. The minimum atomic E-state index is -0.895. The second-order valence-corrected chi connectivity index (χ2v) is 4.59. The van der Waals surface area contributed by atoms with Crippen molar-refractivity contribution in [1.29, 1.82) is 0 Å². The zero-order valence-electron chi connectivity index (χ0n) is 10.5. The molecular formula is C12H14N4O3. The zero-order chi connectivity index (χ0) is 13.4. The number of hydrogen-bond donors (Lipinski definition) is 2. The van der Waals surface area contributed by atoms with Gasteiger partial charge < -0.3 is 14.5 Å². The number of carboxylic acids is 1. The predicted octanol–water partition coefficient (Wildman–Crippen LogP) is 0.890. The average molecular weight is 262 g/mol. The number of aromatic amines is 1. The highest BCUT2D eigenvalue weighted by Crippen LogP contribution is 2.28. The number of rotatable bonds is 3. The zero-order valence-corrected chi connectivity index (χ0v) is 10.5. The maximum absolute atomic E-state index is 11.5. The van der Waals surface area contributed by atoms with Gasteiger partial charge in [-0.2, -0.15) is 0 Å². The predicted molar refractivity (Wildman–Crippen MR) is 64.3 cm³/mol. The molecule has 7 nitrogen and oxygen atoms in total. The van der Waals surface area contributed by atoms with E-state index in [-0.39, 0.29) is 0 Å². The number of nitrogens with zero attached hydrogens (tertiary/aromatic N) is 3. The number of hydrogen-bond acceptors (Lipinski definition) is 5. The van der Waals surface area contributed by atoms with Crippen molar-refractivity contribution in [2.24, 2.45) is 0 Å². The topological polar surface area (TPSA) is 95.2 Å². The molecular weight excluding hydrogens is 248 g/mol. The van der Waals surface area contributed by atoms with Gasteiger partial charge in [0, 0.05) is 32.1 Å². The van der Waals surface area contributed by atoms with E-state index in [2.05, 4.69) is 15.0 Å². The van der Waals surface area contributed by atoms with E-state index < -0.39 is 12.0 Å². The number of carboxylic acid groups (broad SMARTS) is 1. The summed E-state index contributed by atoms with van der Waals surface area (Å²) in [6.45, 7) is 2.86. The van der Waals surface area contributed by atoms with Gasteiger partial charge >= 0.3 is 5.97 Å². The smallest absolute Gasteiger partial charge is 0.327 e. The van der Waals surface area contributed by atoms with E-state index in [1.54, 1.807) is 19.5 Å². The lowest BCUT2D eigenvalue weighted by molar-refractivity contribution is -0.144. The summed E-state index contributed by atoms with van der Waals surface area (Å²) in [4.78, 5) is 24.7. The van der Waals surface area contributed by atoms with Crippen molar-refractivity contribution in [2.45, 2.75) is 25.9 Å². The maximum atomic E-state index is 11.5. The van der Waals surface area contributed by atoms with E-state index >= 15 is 0 Å². The summed E-state index contributed by atoms with van der Waals surface area (Å²) < 4.78 is 5.15. The molecule has 1 aliphatic heterocycles. The van der Waals surface area contributed by atoms with Crippen LogP contribution in [0.5, 0.6) is 0 Å². The van der Waals surface area contributed by atoms with Crippen molar-refractivity contribution in [1.82, 2.24) is 19.9 Å². The summed E-state index contributed by atoms with van der Waals surface area (Å²) in [5.41, 5.74) is 2.24. The molecule has 3 heterocycles. The fourth-order valence-electron chi connectivity index (χ4n) is 2.46. The molecule has 1 aliphatic rings. The Labute approximate surface area is 109 Å². The van der Waals surface area contributed by atoms with E-state index in [9.17, 15) is 9.90 Å². The molecule has 0 bridgehead atoms. The SMILES string of the molecule is Cc1nc(CN2CCc3[nH]cnc3[C@@H]2C(=O)O)co1. The Morgan fingerprint density at radius 3 is 3.21 bits per heavy atom. The molecule has 2 N–H and O–H groups in total. The van der Waals surface area contributed by atoms with Crippen molar-refractivity contribution in [3.63, 3.8) is 0 Å². The second-order valence-electron chi connectivity index (χ2n) is 4.59. The Morgan fingerprint density at radius 1 is 1.68 bits per heavy atom. The first kappa shape index (κ1) is 11.9. The van der Waals surface area contributed by atoms with E-state index in [0.29, 0.717) is 24.7 Å². The number of H-pyrrole nitrogens is 1. The van der Waals surface area contributed by atoms with Crippen molar-refractivity contribution >= 4 is 5.97 Å². The molecule has 0 unspecified atom stereocenters. The Balaban J connectivity index is 1.87. The Bertz CT molecular complexity index is 604. The summed E-state index contributed by atoms with van der Waals surface area (Å²) >= 11 is 0. The van der Waals surface area contributed by atoms with Crippen LogP contribution in [-0.2, 0) is 17.8 Å². The van der Waals surface area contributed by atoms with Crippen molar-refractivity contribution < 1.29 is 14.3 Å². The molecule has 0 aromatic carbocycles. The normalized spacial score (nSPS) is 19.3. The van der Waals surface area contributed by atoms with Gasteiger partial charge in [-0.15, -0.1) is 0 Å². The molecule has 100 valence electrons. The van der Waals surface area contributed by atoms with Gasteiger partial charge in [-0.1, -0.05) is 0 Å². The molecule has 0 spiro atoms. The monoisotopic (exact) mass is 262 g/mol. The molecule has 1 atom stereocenters. The van der Waals surface area contributed by atoms with Crippen molar-refractivity contribution in [2.75, 3.05) is 6.54 Å². The molecule has 0 radical (unpaired) electrons. The molecule has 7 heteroatoms. The van der Waals surface area contributed by atoms with Gasteiger partial charge in [-0.25, -0.2) is 9.97 Å². The Kier molecular flexibility index (Phi) is 2.83. The van der Waals surface area contributed by atoms with Gasteiger partial charge in [-0.3, -0.25) is 9.69 Å². The van der Waals surface area contributed by atoms with Gasteiger partial charge in [-0.05, 0) is 0 Å². The average Bonchev–Trinajstić information content (AvgIpc) is 2.97. The summed E-state index contributed by atoms with van der Waals surface area (Å²) in [6.07, 6.45) is 3.87. The molecule has 2 aromatic rings. The van der Waals surface area contributed by atoms with Crippen LogP contribution in [0, 0.1) is 6.92 Å². The van der Waals surface area contributed by atoms with Crippen LogP contribution in [-0.4, -0.2) is 37.5 Å². The number of imidazole rings is 1. The lowest BCUT2D eigenvalue weighted by Gasteiger charge is -2.31. The standard InChI is InChI=1S/C12H14N4O3/c1-7-15-8(5-19-7)4-16-3-2-9-10(14-6-13-9)11(16)12(17)18/h5-6,11H,2-4H2,1H3,(H,13,14)(H,17,18)/t11-/m1/s1. The number of carbonyl (C=O) groups is 1. The Hall–Kier alpha value is -2.15. The number of aliphatic carboxylic acids is 1. The maximum Gasteiger partial charge on any atom is 0.327 e. The van der Waals surface area contributed by atoms with Crippen molar-refractivity contribution in [3.8, 4) is 0 Å². The minimum Gasteiger partial charge on any atom is -0.480 e. The van der Waals surface area contributed by atoms with E-state index in [4.69, 9.17) is 4.42 Å². The lowest BCUT2D eigenvalue weighted by Crippen LogP contribution is -2.39. The molecule has 2 aromatic heterocycles. The first-order valence-corrected chi connectivity index (χ1v) is 6.05. The Morgan fingerprint density at radius 2 is 2.53 bits per heavy atom. The van der Waals surface area contributed by atoms with Crippen LogP contribution in [0.15, 0.2) is 17.0 Å². The number of aryl methyl sites for hydroxylation is 1. The third-order valence-corrected chi connectivity index (χ3v) is 3.29. The molecule has 0 saturated carbocycles. The minimum absolute atomic E-state index is 0.445. The molecule has 19 heavy (non-hydrogen) atoms. The third-order valence-electron chi connectivity index (χ3n) is 3.29. The number of oxazole rings is 1. The summed E-state index contributed by atoms with van der Waals surface area (Å²) in [5, 5.41) is 9.42. The fraction of sp³-hybridized carbons (Fsp3) is 0.417. The second kappa shape index (κ2) is 4.51. The molecule has 0 aliphatic carbocycles. The van der Waals surface area contributed by atoms with Crippen LogP contribution in [0.2, 0.25) is 0 Å². The highest BCUT2D eigenvalue weighted by atomic mass is 16.4. The number of aromatic nitrogens is 3. The summed E-state index contributed by atoms with van der Waals surface area (Å²) in [6, 6.07) is -0.730. The highest BCUT2D eigenvalue weighted by molar-refractivity contribution is 5.75. The van der Waals surface area contributed by atoms with Crippen LogP contribution in [0.3, 0.4) is 0 Å².